The van der Waals surface area contributed by atoms with Gasteiger partial charge >= 0.3 is 5.97 Å². The van der Waals surface area contributed by atoms with Gasteiger partial charge in [0, 0.05) is 17.8 Å². The Morgan fingerprint density at radius 3 is 2.57 bits per heavy atom. The van der Waals surface area contributed by atoms with Gasteiger partial charge in [-0.05, 0) is 62.7 Å². The van der Waals surface area contributed by atoms with Crippen LogP contribution in [0.1, 0.15) is 53.9 Å². The normalized spacial score (nSPS) is 49.4. The summed E-state index contributed by atoms with van der Waals surface area (Å²) in [7, 11) is 0. The average Bonchev–Trinajstić information content (AvgIpc) is 3.16. The first-order valence-corrected chi connectivity index (χ1v) is 13.4. The molecule has 7 nitrogen and oxygen atoms in total. The molecule has 5 aliphatic rings. The highest BCUT2D eigenvalue weighted by atomic mass is 79.9. The lowest BCUT2D eigenvalue weighted by Gasteiger charge is -2.65. The van der Waals surface area contributed by atoms with Crippen LogP contribution in [-0.2, 0) is 28.6 Å². The van der Waals surface area contributed by atoms with Crippen LogP contribution in [0.5, 0.6) is 0 Å². The minimum atomic E-state index is -1.37. The Kier molecular flexibility index (Phi) is 5.65. The SMILES string of the molecule is CC(=O)OCC(=O)[C@@]12OC(C)(C)O[C@@H]1C[C@H]1[C@@H]3C[C@H](Cl)C4=CC(=O)C=C[C@]4(C)[C@@]3(Br)[C@@H](O)C[C@@]12C. The maximum absolute atomic E-state index is 13.8. The van der Waals surface area contributed by atoms with Crippen LogP contribution in [0, 0.1) is 22.7 Å². The van der Waals surface area contributed by atoms with Crippen molar-refractivity contribution < 1.29 is 33.7 Å². The molecule has 0 unspecified atom stereocenters. The van der Waals surface area contributed by atoms with E-state index in [1.54, 1.807) is 26.0 Å². The second kappa shape index (κ2) is 7.73. The number of aliphatic hydroxyl groups excluding tert-OH is 1. The molecule has 4 aliphatic carbocycles. The van der Waals surface area contributed by atoms with Crippen LogP contribution >= 0.6 is 27.5 Å². The fourth-order valence-electron chi connectivity index (χ4n) is 8.08. The van der Waals surface area contributed by atoms with E-state index in [1.807, 2.05) is 19.9 Å². The number of hydrogen-bond donors (Lipinski definition) is 1. The predicted octanol–water partition coefficient (Wildman–Crippen LogP) is 3.63. The number of ether oxygens (including phenoxy) is 3. The van der Waals surface area contributed by atoms with Crippen LogP contribution in [0.4, 0.5) is 0 Å². The largest absolute Gasteiger partial charge is 0.458 e. The Bertz CT molecular complexity index is 1070. The van der Waals surface area contributed by atoms with Gasteiger partial charge in [0.15, 0.2) is 23.8 Å². The molecule has 3 saturated carbocycles. The third kappa shape index (κ3) is 3.16. The lowest BCUT2D eigenvalue weighted by molar-refractivity contribution is -0.221. The molecular weight excluding hydrogens is 540 g/mol. The van der Waals surface area contributed by atoms with Crippen molar-refractivity contribution in [3.05, 3.63) is 23.8 Å². The smallest absolute Gasteiger partial charge is 0.303 e. The summed E-state index contributed by atoms with van der Waals surface area (Å²) in [6, 6.07) is 0. The third-order valence-electron chi connectivity index (χ3n) is 9.44. The number of fused-ring (bicyclic) bond motifs is 7. The van der Waals surface area contributed by atoms with Gasteiger partial charge in [-0.25, -0.2) is 0 Å². The number of alkyl halides is 2. The van der Waals surface area contributed by atoms with Crippen LogP contribution in [0.25, 0.3) is 0 Å². The summed E-state index contributed by atoms with van der Waals surface area (Å²) in [5.74, 6) is -2.24. The van der Waals surface area contributed by atoms with E-state index in [2.05, 4.69) is 15.9 Å². The van der Waals surface area contributed by atoms with Gasteiger partial charge in [0.1, 0.15) is 0 Å². The van der Waals surface area contributed by atoms with Crippen molar-refractivity contribution in [3.63, 3.8) is 0 Å². The molecule has 0 amide bonds. The summed E-state index contributed by atoms with van der Waals surface area (Å²) in [4.78, 5) is 37.5. The zero-order valence-electron chi connectivity index (χ0n) is 20.6. The highest BCUT2D eigenvalue weighted by Gasteiger charge is 2.79. The summed E-state index contributed by atoms with van der Waals surface area (Å²) in [6.07, 6.45) is 4.89. The summed E-state index contributed by atoms with van der Waals surface area (Å²) in [5, 5.41) is 11.5. The van der Waals surface area contributed by atoms with Gasteiger partial charge in [-0.15, -0.1) is 11.6 Å². The number of carbonyl (C=O) groups is 3. The Labute approximate surface area is 218 Å². The van der Waals surface area contributed by atoms with Gasteiger partial charge < -0.3 is 19.3 Å². The highest BCUT2D eigenvalue weighted by molar-refractivity contribution is 9.10. The molecule has 1 N–H and O–H groups in total. The van der Waals surface area contributed by atoms with Gasteiger partial charge in [-0.2, -0.15) is 0 Å². The molecule has 0 aromatic carbocycles. The first-order valence-electron chi connectivity index (χ1n) is 12.1. The number of carbonyl (C=O) groups excluding carboxylic acids is 3. The van der Waals surface area contributed by atoms with Crippen molar-refractivity contribution in [1.29, 1.82) is 0 Å². The Morgan fingerprint density at radius 2 is 1.91 bits per heavy atom. The van der Waals surface area contributed by atoms with Crippen molar-refractivity contribution in [2.24, 2.45) is 22.7 Å². The number of rotatable bonds is 3. The predicted molar refractivity (Wildman–Crippen MR) is 131 cm³/mol. The number of esters is 1. The van der Waals surface area contributed by atoms with Crippen molar-refractivity contribution in [3.8, 4) is 0 Å². The van der Waals surface area contributed by atoms with E-state index in [0.717, 1.165) is 5.57 Å². The maximum Gasteiger partial charge on any atom is 0.303 e. The second-order valence-electron chi connectivity index (χ2n) is 11.6. The number of allylic oxidation sites excluding steroid dienone is 4. The van der Waals surface area contributed by atoms with E-state index in [-0.39, 0.29) is 29.8 Å². The fraction of sp³-hybridized carbons (Fsp3) is 0.731. The van der Waals surface area contributed by atoms with Gasteiger partial charge in [0.05, 0.1) is 21.9 Å². The zero-order chi connectivity index (χ0) is 25.8. The van der Waals surface area contributed by atoms with Crippen molar-refractivity contribution in [2.75, 3.05) is 6.61 Å². The molecule has 0 aromatic rings. The van der Waals surface area contributed by atoms with E-state index in [9.17, 15) is 19.5 Å². The lowest BCUT2D eigenvalue weighted by Crippen LogP contribution is -2.70. The van der Waals surface area contributed by atoms with Crippen LogP contribution < -0.4 is 0 Å². The number of Topliss-reactive ketones (excluding diaryl/α,β-unsaturated/α-hetero) is 1. The quantitative estimate of drug-likeness (QED) is 0.408. The van der Waals surface area contributed by atoms with Crippen LogP contribution in [0.3, 0.4) is 0 Å². The van der Waals surface area contributed by atoms with Crippen molar-refractivity contribution in [2.45, 2.75) is 87.2 Å². The Hall–Kier alpha value is -1.06. The molecule has 5 rings (SSSR count). The number of hydrogen-bond acceptors (Lipinski definition) is 7. The molecule has 0 aromatic heterocycles. The second-order valence-corrected chi connectivity index (χ2v) is 13.5. The van der Waals surface area contributed by atoms with E-state index < -0.39 is 56.7 Å². The van der Waals surface area contributed by atoms with Gasteiger partial charge in [0.2, 0.25) is 5.78 Å². The fourth-order valence-corrected chi connectivity index (χ4v) is 9.59. The summed E-state index contributed by atoms with van der Waals surface area (Å²) in [5.41, 5.74) is -2.06. The van der Waals surface area contributed by atoms with E-state index in [1.165, 1.54) is 6.92 Å². The molecular formula is C26H32BrClO7. The van der Waals surface area contributed by atoms with E-state index in [0.29, 0.717) is 12.8 Å². The van der Waals surface area contributed by atoms with Crippen molar-refractivity contribution in [1.82, 2.24) is 0 Å². The first-order chi connectivity index (χ1) is 16.1. The standard InChI is InChI=1S/C26H32BrClO7/c1-13(29)33-12-20(32)26-21(34-22(2,3)35-26)10-15-16-9-18(28)17-8-14(30)6-7-23(17,4)25(16,27)19(31)11-24(15,26)5/h6-8,15-16,18-19,21,31H,9-12H2,1-5H3/t15-,16-,18-,19-,21+,23-,24-,25-,26+/m0/s1. The molecule has 1 aliphatic heterocycles. The summed E-state index contributed by atoms with van der Waals surface area (Å²) in [6.45, 7) is 8.39. The molecule has 1 saturated heterocycles. The molecule has 9 heteroatoms. The van der Waals surface area contributed by atoms with Crippen LogP contribution in [0.15, 0.2) is 23.8 Å². The average molecular weight is 572 g/mol. The molecule has 0 spiro atoms. The minimum Gasteiger partial charge on any atom is -0.458 e. The highest BCUT2D eigenvalue weighted by Crippen LogP contribution is 2.73. The summed E-state index contributed by atoms with van der Waals surface area (Å²) < 4.78 is 17.1. The monoisotopic (exact) mass is 570 g/mol. The molecule has 192 valence electrons. The van der Waals surface area contributed by atoms with Crippen molar-refractivity contribution >= 4 is 45.1 Å². The van der Waals surface area contributed by atoms with Gasteiger partial charge in [-0.1, -0.05) is 35.9 Å². The zero-order valence-corrected chi connectivity index (χ0v) is 22.9. The summed E-state index contributed by atoms with van der Waals surface area (Å²) >= 11 is 10.9. The number of ketones is 2. The van der Waals surface area contributed by atoms with Gasteiger partial charge in [0.25, 0.3) is 0 Å². The van der Waals surface area contributed by atoms with Crippen LogP contribution in [-0.4, -0.2) is 62.5 Å². The Balaban J connectivity index is 1.62. The molecule has 1 heterocycles. The topological polar surface area (TPSA) is 99.1 Å². The van der Waals surface area contributed by atoms with E-state index >= 15 is 0 Å². The van der Waals surface area contributed by atoms with Crippen LogP contribution in [0.2, 0.25) is 0 Å². The molecule has 35 heavy (non-hydrogen) atoms. The minimum absolute atomic E-state index is 0.0849. The molecule has 0 radical (unpaired) electrons. The van der Waals surface area contributed by atoms with E-state index in [4.69, 9.17) is 25.8 Å². The Morgan fingerprint density at radius 1 is 1.23 bits per heavy atom. The first kappa shape index (κ1) is 25.6. The van der Waals surface area contributed by atoms with Gasteiger partial charge in [-0.3, -0.25) is 14.4 Å². The lowest BCUT2D eigenvalue weighted by atomic mass is 9.46. The maximum atomic E-state index is 13.8. The number of halogens is 2. The number of aliphatic hydroxyl groups is 1. The molecule has 4 fully saturated rings. The third-order valence-corrected chi connectivity index (χ3v) is 11.8. The molecule has 0 bridgehead atoms. The molecule has 9 atom stereocenters.